The van der Waals surface area contributed by atoms with Crippen molar-refractivity contribution in [2.24, 2.45) is 5.73 Å². The lowest BCUT2D eigenvalue weighted by atomic mass is 10.2. The molecule has 4 nitrogen and oxygen atoms in total. The van der Waals surface area contributed by atoms with Gasteiger partial charge in [-0.05, 0) is 36.9 Å². The highest BCUT2D eigenvalue weighted by Gasteiger charge is 2.02. The number of pyridine rings is 1. The lowest BCUT2D eigenvalue weighted by Crippen LogP contribution is -2.24. The first-order valence-electron chi connectivity index (χ1n) is 6.78. The number of likely N-dealkylation sites (N-methyl/N-ethyl adjacent to an activating group) is 1. The minimum Gasteiger partial charge on any atom is -0.492 e. The fourth-order valence-corrected chi connectivity index (χ4v) is 1.93. The van der Waals surface area contributed by atoms with E-state index in [1.165, 1.54) is 0 Å². The number of nitrogens with zero attached hydrogens (tertiary/aromatic N) is 2. The molecule has 0 saturated carbocycles. The standard InChI is InChI=1S/C16H21N3O/c1-19(13-15-6-2-3-8-18-15)9-10-20-16-7-4-5-14(11-16)12-17/h2-8,11H,9-10,12-13,17H2,1H3. The van der Waals surface area contributed by atoms with Gasteiger partial charge in [-0.15, -0.1) is 0 Å². The Kier molecular flexibility index (Phi) is 5.53. The van der Waals surface area contributed by atoms with Gasteiger partial charge in [0.25, 0.3) is 0 Å². The highest BCUT2D eigenvalue weighted by atomic mass is 16.5. The Hall–Kier alpha value is -1.91. The molecule has 20 heavy (non-hydrogen) atoms. The summed E-state index contributed by atoms with van der Waals surface area (Å²) < 4.78 is 5.74. The second-order valence-corrected chi connectivity index (χ2v) is 4.76. The molecule has 0 atom stereocenters. The normalized spacial score (nSPS) is 10.8. The lowest BCUT2D eigenvalue weighted by molar-refractivity contribution is 0.231. The molecule has 0 aliphatic carbocycles. The van der Waals surface area contributed by atoms with Gasteiger partial charge in [0.05, 0.1) is 5.69 Å². The number of rotatable bonds is 7. The van der Waals surface area contributed by atoms with Crippen molar-refractivity contribution >= 4 is 0 Å². The molecule has 2 N–H and O–H groups in total. The summed E-state index contributed by atoms with van der Waals surface area (Å²) in [6.07, 6.45) is 1.82. The maximum atomic E-state index is 5.74. The van der Waals surface area contributed by atoms with E-state index in [0.717, 1.165) is 30.1 Å². The largest absolute Gasteiger partial charge is 0.492 e. The summed E-state index contributed by atoms with van der Waals surface area (Å²) in [5.41, 5.74) is 7.77. The molecule has 0 radical (unpaired) electrons. The number of hydrogen-bond acceptors (Lipinski definition) is 4. The fourth-order valence-electron chi connectivity index (χ4n) is 1.93. The summed E-state index contributed by atoms with van der Waals surface area (Å²) in [5, 5.41) is 0. The van der Waals surface area contributed by atoms with Crippen molar-refractivity contribution in [1.82, 2.24) is 9.88 Å². The van der Waals surface area contributed by atoms with Crippen molar-refractivity contribution in [3.63, 3.8) is 0 Å². The highest BCUT2D eigenvalue weighted by Crippen LogP contribution is 2.12. The summed E-state index contributed by atoms with van der Waals surface area (Å²) in [4.78, 5) is 6.50. The molecule has 0 bridgehead atoms. The smallest absolute Gasteiger partial charge is 0.119 e. The second-order valence-electron chi connectivity index (χ2n) is 4.76. The second kappa shape index (κ2) is 7.62. The van der Waals surface area contributed by atoms with E-state index in [1.54, 1.807) is 0 Å². The van der Waals surface area contributed by atoms with E-state index in [0.29, 0.717) is 13.2 Å². The van der Waals surface area contributed by atoms with Gasteiger partial charge in [0.1, 0.15) is 12.4 Å². The number of nitrogens with two attached hydrogens (primary N) is 1. The van der Waals surface area contributed by atoms with Crippen LogP contribution in [-0.2, 0) is 13.1 Å². The van der Waals surface area contributed by atoms with Crippen LogP contribution >= 0.6 is 0 Å². The maximum absolute atomic E-state index is 5.74. The van der Waals surface area contributed by atoms with Crippen molar-refractivity contribution in [2.45, 2.75) is 13.1 Å². The maximum Gasteiger partial charge on any atom is 0.119 e. The Morgan fingerprint density at radius 2 is 2.10 bits per heavy atom. The average molecular weight is 271 g/mol. The van der Waals surface area contributed by atoms with Gasteiger partial charge in [0.2, 0.25) is 0 Å². The predicted molar refractivity (Wildman–Crippen MR) is 80.4 cm³/mol. The van der Waals surface area contributed by atoms with Crippen LogP contribution in [0.15, 0.2) is 48.7 Å². The molecule has 106 valence electrons. The Labute approximate surface area is 120 Å². The zero-order valence-electron chi connectivity index (χ0n) is 11.8. The molecule has 0 fully saturated rings. The van der Waals surface area contributed by atoms with Crippen molar-refractivity contribution in [3.05, 3.63) is 59.9 Å². The van der Waals surface area contributed by atoms with Gasteiger partial charge in [-0.3, -0.25) is 9.88 Å². The molecule has 0 unspecified atom stereocenters. The Morgan fingerprint density at radius 1 is 1.20 bits per heavy atom. The van der Waals surface area contributed by atoms with Gasteiger partial charge < -0.3 is 10.5 Å². The summed E-state index contributed by atoms with van der Waals surface area (Å²) in [7, 11) is 2.06. The van der Waals surface area contributed by atoms with Gasteiger partial charge in [-0.1, -0.05) is 18.2 Å². The molecule has 1 heterocycles. The number of benzene rings is 1. The summed E-state index contributed by atoms with van der Waals surface area (Å²) in [6, 6.07) is 13.9. The third-order valence-electron chi connectivity index (χ3n) is 3.03. The predicted octanol–water partition coefficient (Wildman–Crippen LogP) is 2.05. The van der Waals surface area contributed by atoms with E-state index in [9.17, 15) is 0 Å². The topological polar surface area (TPSA) is 51.4 Å². The molecule has 0 saturated heterocycles. The van der Waals surface area contributed by atoms with Crippen LogP contribution in [-0.4, -0.2) is 30.1 Å². The molecule has 2 rings (SSSR count). The minimum atomic E-state index is 0.538. The SMILES string of the molecule is CN(CCOc1cccc(CN)c1)Cc1ccccn1. The Balaban J connectivity index is 1.75. The zero-order valence-corrected chi connectivity index (χ0v) is 11.8. The van der Waals surface area contributed by atoms with Crippen LogP contribution in [0.5, 0.6) is 5.75 Å². The quantitative estimate of drug-likeness (QED) is 0.837. The molecule has 1 aromatic carbocycles. The molecule has 1 aromatic heterocycles. The molecule has 0 spiro atoms. The van der Waals surface area contributed by atoms with E-state index in [2.05, 4.69) is 16.9 Å². The van der Waals surface area contributed by atoms with E-state index in [-0.39, 0.29) is 0 Å². The zero-order chi connectivity index (χ0) is 14.2. The van der Waals surface area contributed by atoms with Crippen LogP contribution in [0.25, 0.3) is 0 Å². The van der Waals surface area contributed by atoms with Gasteiger partial charge in [0.15, 0.2) is 0 Å². The Bertz CT molecular complexity index is 516. The summed E-state index contributed by atoms with van der Waals surface area (Å²) >= 11 is 0. The monoisotopic (exact) mass is 271 g/mol. The molecule has 4 heteroatoms. The fraction of sp³-hybridized carbons (Fsp3) is 0.312. The summed E-state index contributed by atoms with van der Waals surface area (Å²) in [6.45, 7) is 2.87. The van der Waals surface area contributed by atoms with E-state index in [1.807, 2.05) is 48.7 Å². The van der Waals surface area contributed by atoms with Gasteiger partial charge in [0, 0.05) is 25.8 Å². The molecule has 0 aliphatic heterocycles. The first-order valence-corrected chi connectivity index (χ1v) is 6.78. The molecule has 0 amide bonds. The van der Waals surface area contributed by atoms with Crippen LogP contribution in [0.4, 0.5) is 0 Å². The van der Waals surface area contributed by atoms with Crippen LogP contribution in [0, 0.1) is 0 Å². The third kappa shape index (κ3) is 4.64. The van der Waals surface area contributed by atoms with E-state index in [4.69, 9.17) is 10.5 Å². The molecular weight excluding hydrogens is 250 g/mol. The van der Waals surface area contributed by atoms with Crippen molar-refractivity contribution in [1.29, 1.82) is 0 Å². The van der Waals surface area contributed by atoms with Gasteiger partial charge in [-0.25, -0.2) is 0 Å². The van der Waals surface area contributed by atoms with E-state index >= 15 is 0 Å². The molecular formula is C16H21N3O. The molecule has 0 aliphatic rings. The average Bonchev–Trinajstić information content (AvgIpc) is 2.48. The number of hydrogen-bond donors (Lipinski definition) is 1. The number of aromatic nitrogens is 1. The first-order chi connectivity index (χ1) is 9.78. The van der Waals surface area contributed by atoms with Crippen LogP contribution < -0.4 is 10.5 Å². The summed E-state index contributed by atoms with van der Waals surface area (Å²) in [5.74, 6) is 0.874. The van der Waals surface area contributed by atoms with E-state index < -0.39 is 0 Å². The van der Waals surface area contributed by atoms with Crippen molar-refractivity contribution < 1.29 is 4.74 Å². The van der Waals surface area contributed by atoms with Gasteiger partial charge >= 0.3 is 0 Å². The molecule has 2 aromatic rings. The highest BCUT2D eigenvalue weighted by molar-refractivity contribution is 5.28. The first kappa shape index (κ1) is 14.5. The van der Waals surface area contributed by atoms with Crippen LogP contribution in [0.1, 0.15) is 11.3 Å². The van der Waals surface area contributed by atoms with Gasteiger partial charge in [-0.2, -0.15) is 0 Å². The Morgan fingerprint density at radius 3 is 2.85 bits per heavy atom. The number of ether oxygens (including phenoxy) is 1. The lowest BCUT2D eigenvalue weighted by Gasteiger charge is -2.16. The third-order valence-corrected chi connectivity index (χ3v) is 3.03. The minimum absolute atomic E-state index is 0.538. The van der Waals surface area contributed by atoms with Crippen molar-refractivity contribution in [2.75, 3.05) is 20.2 Å². The van der Waals surface area contributed by atoms with Crippen LogP contribution in [0.2, 0.25) is 0 Å². The van der Waals surface area contributed by atoms with Crippen molar-refractivity contribution in [3.8, 4) is 5.75 Å². The van der Waals surface area contributed by atoms with Crippen LogP contribution in [0.3, 0.4) is 0 Å².